The molecule has 2 heterocycles. The van der Waals surface area contributed by atoms with Crippen LogP contribution in [0.25, 0.3) is 17.0 Å². The van der Waals surface area contributed by atoms with Crippen molar-refractivity contribution in [3.8, 4) is 17.0 Å². The number of hydrogen-bond donors (Lipinski definition) is 1. The minimum atomic E-state index is -0.274. The predicted octanol–water partition coefficient (Wildman–Crippen LogP) is 5.28. The smallest absolute Gasteiger partial charge is 0.287 e. The summed E-state index contributed by atoms with van der Waals surface area (Å²) in [6, 6.07) is 18.5. The van der Waals surface area contributed by atoms with Gasteiger partial charge in [-0.05, 0) is 48.9 Å². The number of amides is 1. The summed E-state index contributed by atoms with van der Waals surface area (Å²) in [5, 5.41) is 3.54. The number of furan rings is 1. The molecular formula is C22H18ClN3O2. The fourth-order valence-electron chi connectivity index (χ4n) is 2.96. The molecule has 1 unspecified atom stereocenters. The molecular weight excluding hydrogens is 374 g/mol. The van der Waals surface area contributed by atoms with Crippen molar-refractivity contribution in [2.24, 2.45) is 0 Å². The Labute approximate surface area is 167 Å². The van der Waals surface area contributed by atoms with Crippen molar-refractivity contribution in [3.05, 3.63) is 95.7 Å². The molecule has 2 aromatic heterocycles. The van der Waals surface area contributed by atoms with Gasteiger partial charge in [0, 0.05) is 23.6 Å². The van der Waals surface area contributed by atoms with E-state index in [4.69, 9.17) is 16.0 Å². The van der Waals surface area contributed by atoms with Gasteiger partial charge in [0.1, 0.15) is 5.76 Å². The molecule has 0 spiro atoms. The maximum atomic E-state index is 12.6. The highest BCUT2D eigenvalue weighted by molar-refractivity contribution is 6.33. The van der Waals surface area contributed by atoms with Crippen molar-refractivity contribution in [1.82, 2.24) is 14.9 Å². The molecule has 1 N–H and O–H groups in total. The highest BCUT2D eigenvalue weighted by Gasteiger charge is 2.16. The van der Waals surface area contributed by atoms with E-state index in [1.807, 2.05) is 60.2 Å². The normalized spacial score (nSPS) is 11.9. The molecule has 1 amide bonds. The number of rotatable bonds is 5. The molecule has 0 fully saturated rings. The van der Waals surface area contributed by atoms with Crippen LogP contribution < -0.4 is 5.32 Å². The summed E-state index contributed by atoms with van der Waals surface area (Å²) in [6.07, 6.45) is 5.36. The van der Waals surface area contributed by atoms with Crippen LogP contribution in [0.5, 0.6) is 0 Å². The van der Waals surface area contributed by atoms with Crippen LogP contribution in [0.3, 0.4) is 0 Å². The van der Waals surface area contributed by atoms with Crippen LogP contribution in [-0.2, 0) is 0 Å². The van der Waals surface area contributed by atoms with Crippen molar-refractivity contribution in [1.29, 1.82) is 0 Å². The SMILES string of the molecule is CC(NC(=O)c1ccc(-c2ccccc2Cl)o1)c1ccc(-n2ccnc2)cc1. The summed E-state index contributed by atoms with van der Waals surface area (Å²) < 4.78 is 7.63. The van der Waals surface area contributed by atoms with E-state index in [2.05, 4.69) is 10.3 Å². The fraction of sp³-hybridized carbons (Fsp3) is 0.0909. The Hall–Kier alpha value is -3.31. The number of imidazole rings is 1. The van der Waals surface area contributed by atoms with Crippen molar-refractivity contribution < 1.29 is 9.21 Å². The summed E-state index contributed by atoms with van der Waals surface area (Å²) in [4.78, 5) is 16.6. The minimum absolute atomic E-state index is 0.168. The van der Waals surface area contributed by atoms with E-state index < -0.39 is 0 Å². The lowest BCUT2D eigenvalue weighted by Gasteiger charge is -2.14. The molecule has 4 aromatic rings. The molecule has 0 saturated carbocycles. The number of nitrogens with zero attached hydrogens (tertiary/aromatic N) is 2. The maximum Gasteiger partial charge on any atom is 0.287 e. The molecule has 0 aliphatic rings. The van der Waals surface area contributed by atoms with E-state index >= 15 is 0 Å². The molecule has 0 radical (unpaired) electrons. The highest BCUT2D eigenvalue weighted by atomic mass is 35.5. The summed E-state index contributed by atoms with van der Waals surface area (Å²) in [6.45, 7) is 1.93. The molecule has 6 heteroatoms. The van der Waals surface area contributed by atoms with Gasteiger partial charge in [-0.1, -0.05) is 35.9 Å². The van der Waals surface area contributed by atoms with Crippen LogP contribution in [0, 0.1) is 0 Å². The van der Waals surface area contributed by atoms with Gasteiger partial charge in [-0.15, -0.1) is 0 Å². The number of aromatic nitrogens is 2. The fourth-order valence-corrected chi connectivity index (χ4v) is 3.19. The average Bonchev–Trinajstić information content (AvgIpc) is 3.41. The first-order valence-corrected chi connectivity index (χ1v) is 9.23. The minimum Gasteiger partial charge on any atom is -0.451 e. The Kier molecular flexibility index (Phi) is 5.00. The van der Waals surface area contributed by atoms with Gasteiger partial charge in [0.05, 0.1) is 17.4 Å². The Morgan fingerprint density at radius 1 is 1.11 bits per heavy atom. The highest BCUT2D eigenvalue weighted by Crippen LogP contribution is 2.29. The zero-order valence-corrected chi connectivity index (χ0v) is 15.9. The van der Waals surface area contributed by atoms with E-state index in [0.717, 1.165) is 16.8 Å². The largest absolute Gasteiger partial charge is 0.451 e. The Morgan fingerprint density at radius 3 is 2.61 bits per heavy atom. The van der Waals surface area contributed by atoms with Gasteiger partial charge in [-0.25, -0.2) is 4.98 Å². The molecule has 0 aliphatic carbocycles. The van der Waals surface area contributed by atoms with Gasteiger partial charge in [-0.2, -0.15) is 0 Å². The standard InChI is InChI=1S/C22H18ClN3O2/c1-15(16-6-8-17(9-7-16)26-13-12-24-14-26)25-22(27)21-11-10-20(28-21)18-4-2-3-5-19(18)23/h2-15H,1H3,(H,25,27). The molecule has 1 atom stereocenters. The van der Waals surface area contributed by atoms with E-state index in [0.29, 0.717) is 10.8 Å². The summed E-state index contributed by atoms with van der Waals surface area (Å²) in [5.74, 6) is 0.536. The van der Waals surface area contributed by atoms with E-state index in [1.165, 1.54) is 0 Å². The predicted molar refractivity (Wildman–Crippen MR) is 109 cm³/mol. The van der Waals surface area contributed by atoms with Gasteiger partial charge in [-0.3, -0.25) is 4.79 Å². The first kappa shape index (κ1) is 18.1. The summed E-state index contributed by atoms with van der Waals surface area (Å²) in [5.41, 5.74) is 2.76. The average molecular weight is 392 g/mol. The maximum absolute atomic E-state index is 12.6. The summed E-state index contributed by atoms with van der Waals surface area (Å²) in [7, 11) is 0. The van der Waals surface area contributed by atoms with Crippen molar-refractivity contribution in [3.63, 3.8) is 0 Å². The number of hydrogen-bond acceptors (Lipinski definition) is 3. The molecule has 4 rings (SSSR count). The molecule has 140 valence electrons. The van der Waals surface area contributed by atoms with Crippen molar-refractivity contribution in [2.75, 3.05) is 0 Å². The van der Waals surface area contributed by atoms with Crippen LogP contribution in [0.15, 0.2) is 83.8 Å². The Balaban J connectivity index is 1.46. The molecule has 5 nitrogen and oxygen atoms in total. The van der Waals surface area contributed by atoms with Gasteiger partial charge in [0.15, 0.2) is 5.76 Å². The second-order valence-corrected chi connectivity index (χ2v) is 6.81. The van der Waals surface area contributed by atoms with Gasteiger partial charge in [0.25, 0.3) is 5.91 Å². The monoisotopic (exact) mass is 391 g/mol. The molecule has 0 aliphatic heterocycles. The quantitative estimate of drug-likeness (QED) is 0.503. The van der Waals surface area contributed by atoms with Crippen LogP contribution in [-0.4, -0.2) is 15.5 Å². The zero-order valence-electron chi connectivity index (χ0n) is 15.2. The van der Waals surface area contributed by atoms with Crippen molar-refractivity contribution in [2.45, 2.75) is 13.0 Å². The molecule has 28 heavy (non-hydrogen) atoms. The van der Waals surface area contributed by atoms with Crippen LogP contribution >= 0.6 is 11.6 Å². The lowest BCUT2D eigenvalue weighted by Crippen LogP contribution is -2.26. The third kappa shape index (κ3) is 3.70. The van der Waals surface area contributed by atoms with Crippen LogP contribution in [0.2, 0.25) is 5.02 Å². The third-order valence-corrected chi connectivity index (χ3v) is 4.84. The lowest BCUT2D eigenvalue weighted by atomic mass is 10.1. The van der Waals surface area contributed by atoms with Crippen molar-refractivity contribution >= 4 is 17.5 Å². The first-order chi connectivity index (χ1) is 13.6. The Bertz CT molecular complexity index is 1090. The second kappa shape index (κ2) is 7.74. The number of carbonyl (C=O) groups is 1. The van der Waals surface area contributed by atoms with E-state index in [-0.39, 0.29) is 17.7 Å². The molecule has 0 saturated heterocycles. The second-order valence-electron chi connectivity index (χ2n) is 6.40. The van der Waals surface area contributed by atoms with Crippen LogP contribution in [0.4, 0.5) is 0 Å². The topological polar surface area (TPSA) is 60.1 Å². The number of halogens is 1. The van der Waals surface area contributed by atoms with Gasteiger partial charge < -0.3 is 14.3 Å². The molecule has 0 bridgehead atoms. The van der Waals surface area contributed by atoms with Gasteiger partial charge >= 0.3 is 0 Å². The Morgan fingerprint density at radius 2 is 1.89 bits per heavy atom. The van der Waals surface area contributed by atoms with E-state index in [1.54, 1.807) is 30.7 Å². The summed E-state index contributed by atoms with van der Waals surface area (Å²) >= 11 is 6.20. The van der Waals surface area contributed by atoms with Crippen LogP contribution in [0.1, 0.15) is 29.1 Å². The number of nitrogens with one attached hydrogen (secondary N) is 1. The van der Waals surface area contributed by atoms with Gasteiger partial charge in [0.2, 0.25) is 0 Å². The third-order valence-electron chi connectivity index (χ3n) is 4.51. The first-order valence-electron chi connectivity index (χ1n) is 8.86. The molecule has 2 aromatic carbocycles. The lowest BCUT2D eigenvalue weighted by molar-refractivity contribution is 0.0912. The van der Waals surface area contributed by atoms with E-state index in [9.17, 15) is 4.79 Å². The number of carbonyl (C=O) groups excluding carboxylic acids is 1. The number of benzene rings is 2. The zero-order chi connectivity index (χ0) is 19.5.